The van der Waals surface area contributed by atoms with Crippen LogP contribution in [0, 0.1) is 11.3 Å². The van der Waals surface area contributed by atoms with E-state index in [4.69, 9.17) is 9.78 Å². The second-order valence-corrected chi connectivity index (χ2v) is 6.24. The Hall–Kier alpha value is -1.49. The summed E-state index contributed by atoms with van der Waals surface area (Å²) >= 11 is 6.26. The molecule has 3 aromatic heterocycles. The molecule has 0 aliphatic rings. The van der Waals surface area contributed by atoms with E-state index in [9.17, 15) is 0 Å². The minimum absolute atomic E-state index is 0.445. The summed E-state index contributed by atoms with van der Waals surface area (Å²) in [4.78, 5) is 6.70. The lowest BCUT2D eigenvalue weighted by Crippen LogP contribution is -1.74. The summed E-state index contributed by atoms with van der Waals surface area (Å²) in [6.45, 7) is 0. The average molecular weight is 338 g/mol. The molecule has 0 atom stereocenters. The largest absolute Gasteiger partial charge is 0.333 e. The summed E-state index contributed by atoms with van der Waals surface area (Å²) in [6, 6.07) is 7.57. The van der Waals surface area contributed by atoms with E-state index < -0.39 is 0 Å². The van der Waals surface area contributed by atoms with Crippen molar-refractivity contribution in [2.75, 3.05) is 0 Å². The van der Waals surface area contributed by atoms with E-state index in [2.05, 4.69) is 32.1 Å². The molecule has 0 fully saturated rings. The molecular weight excluding hydrogens is 334 g/mol. The van der Waals surface area contributed by atoms with Crippen LogP contribution in [0.1, 0.15) is 4.88 Å². The lowest BCUT2D eigenvalue weighted by molar-refractivity contribution is 0.433. The zero-order chi connectivity index (χ0) is 12.5. The van der Waals surface area contributed by atoms with Gasteiger partial charge in [-0.05, 0) is 34.1 Å². The quantitative estimate of drug-likeness (QED) is 0.704. The Labute approximate surface area is 119 Å². The highest BCUT2D eigenvalue weighted by Crippen LogP contribution is 2.31. The fourth-order valence-corrected chi connectivity index (χ4v) is 3.44. The lowest BCUT2D eigenvalue weighted by atomic mass is 10.4. The molecule has 0 amide bonds. The van der Waals surface area contributed by atoms with Crippen LogP contribution in [0.4, 0.5) is 0 Å². The van der Waals surface area contributed by atoms with Crippen molar-refractivity contribution in [3.63, 3.8) is 0 Å². The van der Waals surface area contributed by atoms with Gasteiger partial charge in [0.2, 0.25) is 5.82 Å². The molecule has 0 spiro atoms. The Kier molecular flexibility index (Phi) is 2.99. The second kappa shape index (κ2) is 4.65. The first-order valence-electron chi connectivity index (χ1n) is 4.84. The number of nitrogens with zero attached hydrogens (tertiary/aromatic N) is 3. The zero-order valence-corrected chi connectivity index (χ0v) is 12.0. The van der Waals surface area contributed by atoms with Gasteiger partial charge in [-0.2, -0.15) is 10.2 Å². The molecule has 0 aromatic carbocycles. The molecule has 0 saturated heterocycles. The number of rotatable bonds is 2. The van der Waals surface area contributed by atoms with Crippen molar-refractivity contribution in [3.05, 3.63) is 32.9 Å². The molecule has 18 heavy (non-hydrogen) atoms. The van der Waals surface area contributed by atoms with Crippen LogP contribution in [0.5, 0.6) is 0 Å². The topological polar surface area (TPSA) is 62.7 Å². The highest BCUT2D eigenvalue weighted by molar-refractivity contribution is 9.10. The Morgan fingerprint density at radius 2 is 2.22 bits per heavy atom. The summed E-state index contributed by atoms with van der Waals surface area (Å²) < 4.78 is 6.20. The molecule has 0 aliphatic heterocycles. The molecule has 0 radical (unpaired) electrons. The maximum Gasteiger partial charge on any atom is 0.268 e. The Balaban J connectivity index is 1.96. The van der Waals surface area contributed by atoms with Crippen LogP contribution in [-0.4, -0.2) is 10.1 Å². The van der Waals surface area contributed by atoms with Gasteiger partial charge in [-0.15, -0.1) is 22.7 Å². The SMILES string of the molecule is N#Cc1ccc(-c2nc(-c3cc(Br)cs3)no2)s1. The van der Waals surface area contributed by atoms with E-state index >= 15 is 0 Å². The normalized spacial score (nSPS) is 10.4. The van der Waals surface area contributed by atoms with Gasteiger partial charge in [0.25, 0.3) is 5.89 Å². The second-order valence-electron chi connectivity index (χ2n) is 3.33. The molecule has 0 aliphatic carbocycles. The number of hydrogen-bond donors (Lipinski definition) is 0. The fourth-order valence-electron chi connectivity index (χ4n) is 1.37. The van der Waals surface area contributed by atoms with E-state index in [0.29, 0.717) is 16.6 Å². The maximum atomic E-state index is 8.77. The predicted molar refractivity (Wildman–Crippen MR) is 73.3 cm³/mol. The summed E-state index contributed by atoms with van der Waals surface area (Å²) in [6.07, 6.45) is 0. The van der Waals surface area contributed by atoms with Gasteiger partial charge in [0, 0.05) is 9.85 Å². The Morgan fingerprint density at radius 1 is 1.33 bits per heavy atom. The first-order chi connectivity index (χ1) is 8.76. The number of nitriles is 1. The molecule has 3 heterocycles. The van der Waals surface area contributed by atoms with Crippen LogP contribution in [0.3, 0.4) is 0 Å². The van der Waals surface area contributed by atoms with Crippen molar-refractivity contribution in [2.45, 2.75) is 0 Å². The summed E-state index contributed by atoms with van der Waals surface area (Å²) in [5.74, 6) is 1.01. The minimum atomic E-state index is 0.445. The number of aromatic nitrogens is 2. The number of thiophene rings is 2. The van der Waals surface area contributed by atoms with Crippen molar-refractivity contribution >= 4 is 38.6 Å². The lowest BCUT2D eigenvalue weighted by Gasteiger charge is -1.83. The van der Waals surface area contributed by atoms with Crippen molar-refractivity contribution < 1.29 is 4.52 Å². The smallest absolute Gasteiger partial charge is 0.268 e. The summed E-state index contributed by atoms with van der Waals surface area (Å²) in [7, 11) is 0. The van der Waals surface area contributed by atoms with Gasteiger partial charge in [0.15, 0.2) is 0 Å². The molecule has 4 nitrogen and oxygen atoms in total. The third-order valence-electron chi connectivity index (χ3n) is 2.14. The average Bonchev–Trinajstić information content (AvgIpc) is 3.07. The Morgan fingerprint density at radius 3 is 2.89 bits per heavy atom. The van der Waals surface area contributed by atoms with Crippen molar-refractivity contribution in [1.82, 2.24) is 10.1 Å². The van der Waals surface area contributed by atoms with E-state index in [1.165, 1.54) is 11.3 Å². The molecule has 0 bridgehead atoms. The van der Waals surface area contributed by atoms with Crippen LogP contribution in [-0.2, 0) is 0 Å². The fraction of sp³-hybridized carbons (Fsp3) is 0. The highest BCUT2D eigenvalue weighted by Gasteiger charge is 2.13. The van der Waals surface area contributed by atoms with Gasteiger partial charge in [0.1, 0.15) is 10.9 Å². The first-order valence-corrected chi connectivity index (χ1v) is 7.33. The van der Waals surface area contributed by atoms with Crippen molar-refractivity contribution in [2.24, 2.45) is 0 Å². The van der Waals surface area contributed by atoms with Crippen molar-refractivity contribution in [1.29, 1.82) is 5.26 Å². The first kappa shape index (κ1) is 11.6. The number of halogens is 1. The summed E-state index contributed by atoms with van der Waals surface area (Å²) in [5.41, 5.74) is 0. The van der Waals surface area contributed by atoms with Gasteiger partial charge in [-0.1, -0.05) is 5.16 Å². The molecule has 0 unspecified atom stereocenters. The molecule has 88 valence electrons. The molecule has 3 rings (SSSR count). The molecule has 0 saturated carbocycles. The predicted octanol–water partition coefficient (Wildman–Crippen LogP) is 4.16. The Bertz CT molecular complexity index is 737. The molecule has 7 heteroatoms. The highest BCUT2D eigenvalue weighted by atomic mass is 79.9. The van der Waals surface area contributed by atoms with Gasteiger partial charge in [-0.3, -0.25) is 0 Å². The van der Waals surface area contributed by atoms with Gasteiger partial charge in [0.05, 0.1) is 9.75 Å². The molecular formula is C11H4BrN3OS2. The monoisotopic (exact) mass is 337 g/mol. The standard InChI is InChI=1S/C11H4BrN3OS2/c12-6-3-9(17-5-6)10-14-11(16-15-10)8-2-1-7(4-13)18-8/h1-3,5H. The minimum Gasteiger partial charge on any atom is -0.333 e. The third kappa shape index (κ3) is 2.10. The van der Waals surface area contributed by atoms with Crippen LogP contribution < -0.4 is 0 Å². The van der Waals surface area contributed by atoms with E-state index in [1.807, 2.05) is 17.5 Å². The van der Waals surface area contributed by atoms with E-state index in [0.717, 1.165) is 14.2 Å². The van der Waals surface area contributed by atoms with Crippen LogP contribution in [0.25, 0.3) is 21.5 Å². The van der Waals surface area contributed by atoms with Crippen LogP contribution >= 0.6 is 38.6 Å². The van der Waals surface area contributed by atoms with E-state index in [1.54, 1.807) is 17.4 Å². The maximum absolute atomic E-state index is 8.77. The van der Waals surface area contributed by atoms with E-state index in [-0.39, 0.29) is 0 Å². The van der Waals surface area contributed by atoms with Crippen molar-refractivity contribution in [3.8, 4) is 27.5 Å². The zero-order valence-electron chi connectivity index (χ0n) is 8.75. The summed E-state index contributed by atoms with van der Waals surface area (Å²) in [5, 5.41) is 14.7. The number of hydrogen-bond acceptors (Lipinski definition) is 6. The van der Waals surface area contributed by atoms with Gasteiger partial charge in [-0.25, -0.2) is 0 Å². The third-order valence-corrected chi connectivity index (χ3v) is 4.81. The van der Waals surface area contributed by atoms with Gasteiger partial charge >= 0.3 is 0 Å². The van der Waals surface area contributed by atoms with Crippen LogP contribution in [0.2, 0.25) is 0 Å². The van der Waals surface area contributed by atoms with Gasteiger partial charge < -0.3 is 4.52 Å². The molecule has 0 N–H and O–H groups in total. The molecule has 3 aromatic rings. The van der Waals surface area contributed by atoms with Crippen LogP contribution in [0.15, 0.2) is 32.6 Å².